The van der Waals surface area contributed by atoms with Crippen molar-refractivity contribution in [2.45, 2.75) is 6.18 Å². The monoisotopic (exact) mass is 393 g/mol. The summed E-state index contributed by atoms with van der Waals surface area (Å²) < 4.78 is 69.3. The Labute approximate surface area is 148 Å². The third kappa shape index (κ3) is 4.69. The van der Waals surface area contributed by atoms with Crippen molar-refractivity contribution in [1.82, 2.24) is 0 Å². The zero-order chi connectivity index (χ0) is 19.5. The SMILES string of the molecule is O=C(COC(=O)c1c(F)cccc1F)Nc1cc(C(F)(F)F)ccc1Cl. The summed E-state index contributed by atoms with van der Waals surface area (Å²) >= 11 is 5.70. The van der Waals surface area contributed by atoms with Crippen molar-refractivity contribution in [3.8, 4) is 0 Å². The number of esters is 1. The molecule has 138 valence electrons. The largest absolute Gasteiger partial charge is 0.452 e. The van der Waals surface area contributed by atoms with Crippen molar-refractivity contribution in [2.24, 2.45) is 0 Å². The molecule has 2 aromatic carbocycles. The molecule has 2 rings (SSSR count). The van der Waals surface area contributed by atoms with E-state index in [9.17, 15) is 31.5 Å². The number of rotatable bonds is 4. The van der Waals surface area contributed by atoms with Gasteiger partial charge in [0.2, 0.25) is 0 Å². The van der Waals surface area contributed by atoms with Gasteiger partial charge in [0.15, 0.2) is 6.61 Å². The molecular weight excluding hydrogens is 385 g/mol. The fraction of sp³-hybridized carbons (Fsp3) is 0.125. The van der Waals surface area contributed by atoms with E-state index in [1.165, 1.54) is 0 Å². The first kappa shape index (κ1) is 19.6. The number of alkyl halides is 3. The summed E-state index contributed by atoms with van der Waals surface area (Å²) in [6, 6.07) is 4.92. The van der Waals surface area contributed by atoms with Gasteiger partial charge in [-0.25, -0.2) is 13.6 Å². The highest BCUT2D eigenvalue weighted by molar-refractivity contribution is 6.33. The first-order valence-electron chi connectivity index (χ1n) is 6.87. The molecule has 0 saturated heterocycles. The van der Waals surface area contributed by atoms with E-state index in [1.54, 1.807) is 0 Å². The average molecular weight is 394 g/mol. The predicted octanol–water partition coefficient (Wildman–Crippen LogP) is 4.43. The summed E-state index contributed by atoms with van der Waals surface area (Å²) in [4.78, 5) is 23.4. The molecule has 0 unspecified atom stereocenters. The van der Waals surface area contributed by atoms with Gasteiger partial charge in [0, 0.05) is 0 Å². The van der Waals surface area contributed by atoms with Gasteiger partial charge in [-0.1, -0.05) is 17.7 Å². The molecule has 0 spiro atoms. The van der Waals surface area contributed by atoms with Gasteiger partial charge in [0.25, 0.3) is 5.91 Å². The van der Waals surface area contributed by atoms with Crippen molar-refractivity contribution in [3.05, 3.63) is 64.2 Å². The molecule has 0 aliphatic carbocycles. The van der Waals surface area contributed by atoms with Crippen LogP contribution in [0.2, 0.25) is 5.02 Å². The molecule has 0 fully saturated rings. The molecule has 0 bridgehead atoms. The van der Waals surface area contributed by atoms with E-state index in [1.807, 2.05) is 5.32 Å². The van der Waals surface area contributed by atoms with Crippen LogP contribution in [0.15, 0.2) is 36.4 Å². The number of hydrogen-bond acceptors (Lipinski definition) is 3. The summed E-state index contributed by atoms with van der Waals surface area (Å²) in [7, 11) is 0. The molecule has 4 nitrogen and oxygen atoms in total. The molecule has 2 aromatic rings. The van der Waals surface area contributed by atoms with Crippen molar-refractivity contribution in [1.29, 1.82) is 0 Å². The lowest BCUT2D eigenvalue weighted by atomic mass is 10.2. The van der Waals surface area contributed by atoms with Crippen LogP contribution < -0.4 is 5.32 Å². The second-order valence-electron chi connectivity index (χ2n) is 4.91. The molecule has 0 saturated carbocycles. The van der Waals surface area contributed by atoms with E-state index in [0.717, 1.165) is 30.3 Å². The minimum Gasteiger partial charge on any atom is -0.452 e. The van der Waals surface area contributed by atoms with Gasteiger partial charge in [0.05, 0.1) is 16.3 Å². The summed E-state index contributed by atoms with van der Waals surface area (Å²) in [5.74, 6) is -4.85. The van der Waals surface area contributed by atoms with Crippen LogP contribution in [-0.4, -0.2) is 18.5 Å². The highest BCUT2D eigenvalue weighted by Crippen LogP contribution is 2.33. The third-order valence-electron chi connectivity index (χ3n) is 3.07. The number of ether oxygens (including phenoxy) is 1. The molecule has 0 aliphatic rings. The van der Waals surface area contributed by atoms with E-state index >= 15 is 0 Å². The Bertz CT molecular complexity index is 834. The van der Waals surface area contributed by atoms with Gasteiger partial charge in [-0.2, -0.15) is 13.2 Å². The fourth-order valence-corrected chi connectivity index (χ4v) is 2.04. The van der Waals surface area contributed by atoms with Gasteiger partial charge in [0.1, 0.15) is 17.2 Å². The molecule has 1 amide bonds. The predicted molar refractivity (Wildman–Crippen MR) is 81.7 cm³/mol. The van der Waals surface area contributed by atoms with E-state index in [-0.39, 0.29) is 10.7 Å². The Morgan fingerprint density at radius 3 is 2.27 bits per heavy atom. The van der Waals surface area contributed by atoms with E-state index < -0.39 is 47.4 Å². The van der Waals surface area contributed by atoms with Crippen molar-refractivity contribution >= 4 is 29.2 Å². The van der Waals surface area contributed by atoms with Crippen LogP contribution in [0.4, 0.5) is 27.6 Å². The third-order valence-corrected chi connectivity index (χ3v) is 3.40. The Morgan fingerprint density at radius 2 is 1.69 bits per heavy atom. The lowest BCUT2D eigenvalue weighted by Crippen LogP contribution is -2.22. The molecule has 0 aromatic heterocycles. The molecular formula is C16H9ClF5NO3. The quantitative estimate of drug-likeness (QED) is 0.617. The molecule has 26 heavy (non-hydrogen) atoms. The van der Waals surface area contributed by atoms with Crippen LogP contribution in [0.5, 0.6) is 0 Å². The number of carbonyl (C=O) groups is 2. The first-order chi connectivity index (χ1) is 12.1. The van der Waals surface area contributed by atoms with Crippen LogP contribution in [0, 0.1) is 11.6 Å². The van der Waals surface area contributed by atoms with Crippen molar-refractivity contribution in [3.63, 3.8) is 0 Å². The lowest BCUT2D eigenvalue weighted by Gasteiger charge is -2.12. The van der Waals surface area contributed by atoms with Crippen LogP contribution in [0.25, 0.3) is 0 Å². The van der Waals surface area contributed by atoms with Crippen molar-refractivity contribution in [2.75, 3.05) is 11.9 Å². The number of halogens is 6. The minimum absolute atomic E-state index is 0.183. The Kier molecular flexibility index (Phi) is 5.81. The molecule has 10 heteroatoms. The van der Waals surface area contributed by atoms with Gasteiger partial charge in [-0.05, 0) is 30.3 Å². The standard InChI is InChI=1S/C16H9ClF5NO3/c17-9-5-4-8(16(20,21)22)6-12(9)23-13(24)7-26-15(25)14-10(18)2-1-3-11(14)19/h1-6H,7H2,(H,23,24). The van der Waals surface area contributed by atoms with E-state index in [2.05, 4.69) is 4.74 Å². The summed E-state index contributed by atoms with van der Waals surface area (Å²) in [5, 5.41) is 1.84. The summed E-state index contributed by atoms with van der Waals surface area (Å²) in [5.41, 5.74) is -2.40. The summed E-state index contributed by atoms with van der Waals surface area (Å²) in [6.07, 6.45) is -4.65. The molecule has 0 radical (unpaired) electrons. The Balaban J connectivity index is 2.05. The number of carbonyl (C=O) groups excluding carboxylic acids is 2. The number of anilines is 1. The number of hydrogen-bond donors (Lipinski definition) is 1. The topological polar surface area (TPSA) is 55.4 Å². The highest BCUT2D eigenvalue weighted by Gasteiger charge is 2.31. The maximum absolute atomic E-state index is 13.4. The summed E-state index contributed by atoms with van der Waals surface area (Å²) in [6.45, 7) is -0.987. The zero-order valence-corrected chi connectivity index (χ0v) is 13.4. The Morgan fingerprint density at radius 1 is 1.08 bits per heavy atom. The average Bonchev–Trinajstić information content (AvgIpc) is 2.53. The number of benzene rings is 2. The van der Waals surface area contributed by atoms with Crippen LogP contribution in [0.3, 0.4) is 0 Å². The fourth-order valence-electron chi connectivity index (χ4n) is 1.88. The normalized spacial score (nSPS) is 11.2. The van der Waals surface area contributed by atoms with Gasteiger partial charge in [-0.15, -0.1) is 0 Å². The van der Waals surface area contributed by atoms with Gasteiger partial charge in [-0.3, -0.25) is 4.79 Å². The van der Waals surface area contributed by atoms with Gasteiger partial charge >= 0.3 is 12.1 Å². The lowest BCUT2D eigenvalue weighted by molar-refractivity contribution is -0.137. The number of amides is 1. The molecule has 0 heterocycles. The maximum atomic E-state index is 13.4. The Hall–Kier alpha value is -2.68. The second kappa shape index (κ2) is 7.69. The molecule has 0 aliphatic heterocycles. The second-order valence-corrected chi connectivity index (χ2v) is 5.32. The molecule has 0 atom stereocenters. The van der Waals surface area contributed by atoms with Crippen LogP contribution in [0.1, 0.15) is 15.9 Å². The minimum atomic E-state index is -4.65. The van der Waals surface area contributed by atoms with Crippen LogP contribution in [-0.2, 0) is 15.7 Å². The maximum Gasteiger partial charge on any atom is 0.416 e. The highest BCUT2D eigenvalue weighted by atomic mass is 35.5. The number of nitrogens with one attached hydrogen (secondary N) is 1. The first-order valence-corrected chi connectivity index (χ1v) is 7.25. The molecule has 1 N–H and O–H groups in total. The van der Waals surface area contributed by atoms with E-state index in [4.69, 9.17) is 11.6 Å². The van der Waals surface area contributed by atoms with Gasteiger partial charge < -0.3 is 10.1 Å². The van der Waals surface area contributed by atoms with Crippen LogP contribution >= 0.6 is 11.6 Å². The zero-order valence-electron chi connectivity index (χ0n) is 12.7. The smallest absolute Gasteiger partial charge is 0.416 e. The van der Waals surface area contributed by atoms with Crippen molar-refractivity contribution < 1.29 is 36.3 Å². The van der Waals surface area contributed by atoms with E-state index in [0.29, 0.717) is 6.07 Å².